The molecule has 2 aromatic carbocycles. The molecular formula is C23H26FNO2. The van der Waals surface area contributed by atoms with Crippen molar-refractivity contribution in [3.05, 3.63) is 71.5 Å². The lowest BCUT2D eigenvalue weighted by Gasteiger charge is -2.36. The second-order valence-corrected chi connectivity index (χ2v) is 7.87. The van der Waals surface area contributed by atoms with E-state index in [0.29, 0.717) is 18.5 Å². The molecule has 3 unspecified atom stereocenters. The van der Waals surface area contributed by atoms with E-state index in [1.807, 2.05) is 30.3 Å². The highest BCUT2D eigenvalue weighted by Crippen LogP contribution is 2.36. The van der Waals surface area contributed by atoms with Gasteiger partial charge in [-0.2, -0.15) is 0 Å². The van der Waals surface area contributed by atoms with Gasteiger partial charge in [-0.05, 0) is 62.4 Å². The minimum absolute atomic E-state index is 0.00521. The van der Waals surface area contributed by atoms with Crippen molar-refractivity contribution in [2.24, 2.45) is 0 Å². The zero-order valence-electron chi connectivity index (χ0n) is 15.7. The first-order valence-electron chi connectivity index (χ1n) is 9.82. The second kappa shape index (κ2) is 7.81. The number of benzene rings is 2. The van der Waals surface area contributed by atoms with Crippen LogP contribution in [0.25, 0.3) is 0 Å². The lowest BCUT2D eigenvalue weighted by Crippen LogP contribution is -2.43. The number of hydrogen-bond donors (Lipinski definition) is 0. The van der Waals surface area contributed by atoms with Gasteiger partial charge in [-0.3, -0.25) is 4.79 Å². The number of carbonyl (C=O) groups excluding carboxylic acids is 1. The number of hydrogen-bond acceptors (Lipinski definition) is 3. The number of piperidine rings is 1. The lowest BCUT2D eigenvalue weighted by atomic mass is 9.91. The molecule has 3 atom stereocenters. The SMILES string of the molecule is CN1C2CCC1CC(OC(=O)C(Cc1ccc(F)cc1)c1ccccc1)C2. The summed E-state index contributed by atoms with van der Waals surface area (Å²) in [5, 5.41) is 0. The third-order valence-corrected chi connectivity index (χ3v) is 6.18. The molecule has 0 saturated carbocycles. The van der Waals surface area contributed by atoms with Gasteiger partial charge in [0.15, 0.2) is 0 Å². The van der Waals surface area contributed by atoms with Crippen LogP contribution in [0.5, 0.6) is 0 Å². The highest BCUT2D eigenvalue weighted by molar-refractivity contribution is 5.78. The van der Waals surface area contributed by atoms with E-state index >= 15 is 0 Å². The molecule has 142 valence electrons. The minimum atomic E-state index is -0.367. The summed E-state index contributed by atoms with van der Waals surface area (Å²) in [5.41, 5.74) is 1.88. The average Bonchev–Trinajstić information content (AvgIpc) is 2.89. The first-order valence-corrected chi connectivity index (χ1v) is 9.82. The van der Waals surface area contributed by atoms with Gasteiger partial charge in [0.2, 0.25) is 0 Å². The van der Waals surface area contributed by atoms with Crippen molar-refractivity contribution in [3.63, 3.8) is 0 Å². The van der Waals surface area contributed by atoms with Gasteiger partial charge in [-0.1, -0.05) is 42.5 Å². The van der Waals surface area contributed by atoms with Gasteiger partial charge < -0.3 is 9.64 Å². The highest BCUT2D eigenvalue weighted by Gasteiger charge is 2.40. The maximum absolute atomic E-state index is 13.2. The van der Waals surface area contributed by atoms with Crippen LogP contribution in [-0.2, 0) is 16.0 Å². The number of carbonyl (C=O) groups is 1. The molecule has 4 heteroatoms. The third-order valence-electron chi connectivity index (χ3n) is 6.18. The van der Waals surface area contributed by atoms with Gasteiger partial charge in [0.25, 0.3) is 0 Å². The first-order chi connectivity index (χ1) is 13.1. The number of rotatable bonds is 5. The summed E-state index contributed by atoms with van der Waals surface area (Å²) in [6.07, 6.45) is 4.78. The molecule has 3 nitrogen and oxygen atoms in total. The van der Waals surface area contributed by atoms with Crippen molar-refractivity contribution < 1.29 is 13.9 Å². The van der Waals surface area contributed by atoms with Gasteiger partial charge in [0.05, 0.1) is 5.92 Å². The molecule has 0 aromatic heterocycles. The monoisotopic (exact) mass is 367 g/mol. The summed E-state index contributed by atoms with van der Waals surface area (Å²) in [7, 11) is 2.18. The van der Waals surface area contributed by atoms with Crippen LogP contribution in [0.1, 0.15) is 42.7 Å². The van der Waals surface area contributed by atoms with Gasteiger partial charge in [-0.25, -0.2) is 4.39 Å². The van der Waals surface area contributed by atoms with Crippen molar-refractivity contribution in [2.75, 3.05) is 7.05 Å². The lowest BCUT2D eigenvalue weighted by molar-refractivity contribution is -0.154. The van der Waals surface area contributed by atoms with Crippen molar-refractivity contribution in [3.8, 4) is 0 Å². The fraction of sp³-hybridized carbons (Fsp3) is 0.435. The molecule has 0 spiro atoms. The average molecular weight is 367 g/mol. The smallest absolute Gasteiger partial charge is 0.314 e. The second-order valence-electron chi connectivity index (χ2n) is 7.87. The molecular weight excluding hydrogens is 341 g/mol. The van der Waals surface area contributed by atoms with E-state index in [0.717, 1.165) is 24.0 Å². The Bertz CT molecular complexity index is 763. The van der Waals surface area contributed by atoms with Crippen LogP contribution in [0, 0.1) is 5.82 Å². The third kappa shape index (κ3) is 4.06. The topological polar surface area (TPSA) is 29.5 Å². The molecule has 2 heterocycles. The van der Waals surface area contributed by atoms with Crippen LogP contribution in [0.2, 0.25) is 0 Å². The van der Waals surface area contributed by atoms with Crippen LogP contribution < -0.4 is 0 Å². The zero-order chi connectivity index (χ0) is 18.8. The maximum Gasteiger partial charge on any atom is 0.314 e. The van der Waals surface area contributed by atoms with Gasteiger partial charge in [0.1, 0.15) is 11.9 Å². The zero-order valence-corrected chi connectivity index (χ0v) is 15.7. The number of nitrogens with zero attached hydrogens (tertiary/aromatic N) is 1. The van der Waals surface area contributed by atoms with Crippen LogP contribution in [-0.4, -0.2) is 36.1 Å². The van der Waals surface area contributed by atoms with Crippen LogP contribution >= 0.6 is 0 Å². The molecule has 2 aliphatic heterocycles. The summed E-state index contributed by atoms with van der Waals surface area (Å²) >= 11 is 0. The van der Waals surface area contributed by atoms with Crippen molar-refractivity contribution in [1.29, 1.82) is 0 Å². The summed E-state index contributed by atoms with van der Waals surface area (Å²) in [6, 6.07) is 17.2. The molecule has 0 N–H and O–H groups in total. The Morgan fingerprint density at radius 3 is 2.33 bits per heavy atom. The Hall–Kier alpha value is -2.20. The number of fused-ring (bicyclic) bond motifs is 2. The predicted octanol–water partition coefficient (Wildman–Crippen LogP) is 4.32. The number of halogens is 1. The Morgan fingerprint density at radius 1 is 1.07 bits per heavy atom. The van der Waals surface area contributed by atoms with E-state index in [2.05, 4.69) is 11.9 Å². The summed E-state index contributed by atoms with van der Waals surface area (Å²) in [4.78, 5) is 15.5. The summed E-state index contributed by atoms with van der Waals surface area (Å²) in [6.45, 7) is 0. The maximum atomic E-state index is 13.2. The van der Waals surface area contributed by atoms with E-state index < -0.39 is 0 Å². The molecule has 0 amide bonds. The molecule has 27 heavy (non-hydrogen) atoms. The fourth-order valence-corrected chi connectivity index (χ4v) is 4.58. The molecule has 2 saturated heterocycles. The van der Waals surface area contributed by atoms with E-state index in [4.69, 9.17) is 4.74 Å². The molecule has 2 bridgehead atoms. The Kier molecular flexibility index (Phi) is 5.26. The molecule has 4 rings (SSSR count). The van der Waals surface area contributed by atoms with Crippen molar-refractivity contribution >= 4 is 5.97 Å². The predicted molar refractivity (Wildman–Crippen MR) is 103 cm³/mol. The Morgan fingerprint density at radius 2 is 1.70 bits per heavy atom. The molecule has 0 radical (unpaired) electrons. The van der Waals surface area contributed by atoms with Crippen LogP contribution in [0.3, 0.4) is 0 Å². The molecule has 2 aliphatic rings. The van der Waals surface area contributed by atoms with Gasteiger partial charge in [-0.15, -0.1) is 0 Å². The number of esters is 1. The van der Waals surface area contributed by atoms with Crippen LogP contribution in [0.4, 0.5) is 4.39 Å². The summed E-state index contributed by atoms with van der Waals surface area (Å²) < 4.78 is 19.2. The molecule has 2 fully saturated rings. The van der Waals surface area contributed by atoms with Gasteiger partial charge >= 0.3 is 5.97 Å². The first kappa shape index (κ1) is 18.2. The van der Waals surface area contributed by atoms with E-state index in [-0.39, 0.29) is 23.8 Å². The van der Waals surface area contributed by atoms with Gasteiger partial charge in [0, 0.05) is 12.1 Å². The standard InChI is InChI=1S/C23H26FNO2/c1-25-19-11-12-20(25)15-21(14-19)27-23(26)22(17-5-3-2-4-6-17)13-16-7-9-18(24)10-8-16/h2-10,19-22H,11-15H2,1H3. The van der Waals surface area contributed by atoms with Crippen LogP contribution in [0.15, 0.2) is 54.6 Å². The normalized spacial score (nSPS) is 25.9. The minimum Gasteiger partial charge on any atom is -0.462 e. The fourth-order valence-electron chi connectivity index (χ4n) is 4.58. The Labute approximate surface area is 160 Å². The van der Waals surface area contributed by atoms with E-state index in [1.54, 1.807) is 12.1 Å². The largest absolute Gasteiger partial charge is 0.462 e. The number of ether oxygens (including phenoxy) is 1. The molecule has 2 aromatic rings. The summed E-state index contributed by atoms with van der Waals surface area (Å²) in [5.74, 6) is -0.798. The molecule has 0 aliphatic carbocycles. The quantitative estimate of drug-likeness (QED) is 0.737. The van der Waals surface area contributed by atoms with E-state index in [9.17, 15) is 9.18 Å². The Balaban J connectivity index is 1.49. The van der Waals surface area contributed by atoms with E-state index in [1.165, 1.54) is 25.0 Å². The highest BCUT2D eigenvalue weighted by atomic mass is 19.1. The van der Waals surface area contributed by atoms with Crippen molar-refractivity contribution in [2.45, 2.75) is 56.2 Å². The van der Waals surface area contributed by atoms with Crippen molar-refractivity contribution in [1.82, 2.24) is 4.90 Å².